The summed E-state index contributed by atoms with van der Waals surface area (Å²) in [4.78, 5) is 16.1. The van der Waals surface area contributed by atoms with Crippen LogP contribution in [0.3, 0.4) is 0 Å². The first-order chi connectivity index (χ1) is 10.5. The summed E-state index contributed by atoms with van der Waals surface area (Å²) in [5, 5.41) is 3.38. The molecule has 0 saturated carbocycles. The highest BCUT2D eigenvalue weighted by Crippen LogP contribution is 2.34. The second kappa shape index (κ2) is 5.26. The molecule has 0 bridgehead atoms. The van der Waals surface area contributed by atoms with Crippen molar-refractivity contribution in [3.63, 3.8) is 0 Å². The van der Waals surface area contributed by atoms with Crippen LogP contribution in [0.4, 0.5) is 4.39 Å². The van der Waals surface area contributed by atoms with Crippen LogP contribution in [0.5, 0.6) is 0 Å². The van der Waals surface area contributed by atoms with Gasteiger partial charge < -0.3 is 9.88 Å². The number of fused-ring (bicyclic) bond motifs is 1. The Kier molecular flexibility index (Phi) is 3.41. The van der Waals surface area contributed by atoms with E-state index in [4.69, 9.17) is 0 Å². The lowest BCUT2D eigenvalue weighted by Crippen LogP contribution is -2.21. The molecule has 0 aliphatic heterocycles. The van der Waals surface area contributed by atoms with Gasteiger partial charge in [0.1, 0.15) is 11.5 Å². The van der Waals surface area contributed by atoms with Crippen LogP contribution in [-0.4, -0.2) is 22.5 Å². The van der Waals surface area contributed by atoms with Gasteiger partial charge in [0.25, 0.3) is 5.91 Å². The van der Waals surface area contributed by atoms with Gasteiger partial charge in [0, 0.05) is 37.4 Å². The second-order valence-corrected chi connectivity index (χ2v) is 5.20. The summed E-state index contributed by atoms with van der Waals surface area (Å²) >= 11 is 0. The molecule has 0 atom stereocenters. The van der Waals surface area contributed by atoms with E-state index in [0.717, 1.165) is 27.6 Å². The molecule has 3 aromatic rings. The van der Waals surface area contributed by atoms with E-state index < -0.39 is 0 Å². The lowest BCUT2D eigenvalue weighted by atomic mass is 10.0. The van der Waals surface area contributed by atoms with Gasteiger partial charge in [0.15, 0.2) is 0 Å². The number of rotatable bonds is 2. The molecule has 0 unspecified atom stereocenters. The van der Waals surface area contributed by atoms with E-state index in [1.165, 1.54) is 12.1 Å². The number of amides is 1. The van der Waals surface area contributed by atoms with Crippen molar-refractivity contribution in [1.82, 2.24) is 14.9 Å². The summed E-state index contributed by atoms with van der Waals surface area (Å²) in [5.41, 5.74) is 3.76. The molecule has 4 nitrogen and oxygen atoms in total. The van der Waals surface area contributed by atoms with Crippen molar-refractivity contribution in [3.05, 3.63) is 53.7 Å². The van der Waals surface area contributed by atoms with Crippen molar-refractivity contribution in [2.24, 2.45) is 7.05 Å². The van der Waals surface area contributed by atoms with Gasteiger partial charge >= 0.3 is 0 Å². The molecule has 0 radical (unpaired) electrons. The van der Waals surface area contributed by atoms with Gasteiger partial charge in [-0.2, -0.15) is 0 Å². The van der Waals surface area contributed by atoms with Crippen LogP contribution in [0.25, 0.3) is 22.0 Å². The zero-order valence-electron chi connectivity index (χ0n) is 12.6. The molecule has 22 heavy (non-hydrogen) atoms. The van der Waals surface area contributed by atoms with Gasteiger partial charge in [-0.1, -0.05) is 0 Å². The maximum absolute atomic E-state index is 14.1. The minimum absolute atomic E-state index is 0.183. The fourth-order valence-electron chi connectivity index (χ4n) is 2.93. The van der Waals surface area contributed by atoms with Crippen molar-refractivity contribution in [1.29, 1.82) is 0 Å². The summed E-state index contributed by atoms with van der Waals surface area (Å²) in [6, 6.07) is 6.62. The van der Waals surface area contributed by atoms with Crippen LogP contribution in [-0.2, 0) is 7.05 Å². The lowest BCUT2D eigenvalue weighted by Gasteiger charge is -2.08. The molecule has 0 saturated heterocycles. The van der Waals surface area contributed by atoms with Crippen LogP contribution < -0.4 is 5.32 Å². The average molecular weight is 297 g/mol. The van der Waals surface area contributed by atoms with E-state index in [1.807, 2.05) is 30.7 Å². The van der Waals surface area contributed by atoms with Crippen molar-refractivity contribution in [2.45, 2.75) is 6.92 Å². The maximum atomic E-state index is 14.1. The van der Waals surface area contributed by atoms with Gasteiger partial charge in [0.05, 0.1) is 5.52 Å². The number of carbonyl (C=O) groups excluding carboxylic acids is 1. The molecule has 1 N–H and O–H groups in total. The average Bonchev–Trinajstić information content (AvgIpc) is 2.78. The topological polar surface area (TPSA) is 46.9 Å². The van der Waals surface area contributed by atoms with E-state index >= 15 is 0 Å². The van der Waals surface area contributed by atoms with Gasteiger partial charge in [-0.05, 0) is 42.3 Å². The largest absolute Gasteiger partial charge is 0.354 e. The van der Waals surface area contributed by atoms with Gasteiger partial charge in [0.2, 0.25) is 0 Å². The number of aromatic nitrogens is 2. The SMILES string of the molecule is CNC(=O)c1c(C)c2cc(F)cc(-c3ccncc3)c2n1C. The highest BCUT2D eigenvalue weighted by Gasteiger charge is 2.20. The number of aryl methyl sites for hydroxylation is 2. The minimum atomic E-state index is -0.323. The van der Waals surface area contributed by atoms with E-state index in [9.17, 15) is 9.18 Å². The van der Waals surface area contributed by atoms with Gasteiger partial charge in [-0.25, -0.2) is 4.39 Å². The quantitative estimate of drug-likeness (QED) is 0.790. The Hall–Kier alpha value is -2.69. The Balaban J connectivity index is 2.42. The van der Waals surface area contributed by atoms with Crippen LogP contribution in [0.2, 0.25) is 0 Å². The number of halogens is 1. The predicted octanol–water partition coefficient (Wildman–Crippen LogP) is 3.05. The molecular formula is C17H16FN3O. The van der Waals surface area contributed by atoms with Crippen LogP contribution in [0, 0.1) is 12.7 Å². The molecule has 1 aromatic carbocycles. The standard InChI is InChI=1S/C17H16FN3O/c1-10-13-8-12(18)9-14(11-4-6-20-7-5-11)16(13)21(3)15(10)17(22)19-2/h4-9H,1-3H3,(H,19,22). The first-order valence-electron chi connectivity index (χ1n) is 6.95. The number of nitrogens with zero attached hydrogens (tertiary/aromatic N) is 2. The minimum Gasteiger partial charge on any atom is -0.354 e. The Labute approximate surface area is 127 Å². The molecule has 0 spiro atoms. The number of hydrogen-bond acceptors (Lipinski definition) is 2. The summed E-state index contributed by atoms with van der Waals surface area (Å²) in [6.07, 6.45) is 3.34. The van der Waals surface area contributed by atoms with Crippen molar-refractivity contribution in [3.8, 4) is 11.1 Å². The first kappa shape index (κ1) is 14.3. The van der Waals surface area contributed by atoms with E-state index in [2.05, 4.69) is 10.3 Å². The molecule has 5 heteroatoms. The Morgan fingerprint density at radius 1 is 1.27 bits per heavy atom. The summed E-state index contributed by atoms with van der Waals surface area (Å²) in [7, 11) is 3.41. The van der Waals surface area contributed by atoms with Gasteiger partial charge in [-0.15, -0.1) is 0 Å². The summed E-state index contributed by atoms with van der Waals surface area (Å²) in [6.45, 7) is 1.84. The Morgan fingerprint density at radius 3 is 2.59 bits per heavy atom. The highest BCUT2D eigenvalue weighted by molar-refractivity contribution is 6.05. The molecule has 112 valence electrons. The molecule has 1 amide bonds. The zero-order valence-corrected chi connectivity index (χ0v) is 12.6. The third-order valence-corrected chi connectivity index (χ3v) is 3.94. The number of hydrogen-bond donors (Lipinski definition) is 1. The summed E-state index contributed by atoms with van der Waals surface area (Å²) < 4.78 is 15.9. The fourth-order valence-corrected chi connectivity index (χ4v) is 2.93. The molecular weight excluding hydrogens is 281 g/mol. The normalized spacial score (nSPS) is 10.9. The number of pyridine rings is 1. The smallest absolute Gasteiger partial charge is 0.267 e. The highest BCUT2D eigenvalue weighted by atomic mass is 19.1. The Bertz CT molecular complexity index is 869. The van der Waals surface area contributed by atoms with E-state index in [0.29, 0.717) is 5.69 Å². The third kappa shape index (κ3) is 2.06. The first-order valence-corrected chi connectivity index (χ1v) is 6.95. The number of carbonyl (C=O) groups is 1. The monoisotopic (exact) mass is 297 g/mol. The predicted molar refractivity (Wildman–Crippen MR) is 84.2 cm³/mol. The van der Waals surface area contributed by atoms with Crippen LogP contribution in [0.15, 0.2) is 36.7 Å². The molecule has 2 heterocycles. The fraction of sp³-hybridized carbons (Fsp3) is 0.176. The molecule has 2 aromatic heterocycles. The van der Waals surface area contributed by atoms with Crippen LogP contribution in [0.1, 0.15) is 16.1 Å². The lowest BCUT2D eigenvalue weighted by molar-refractivity contribution is 0.0955. The van der Waals surface area contributed by atoms with Crippen molar-refractivity contribution < 1.29 is 9.18 Å². The zero-order chi connectivity index (χ0) is 15.9. The third-order valence-electron chi connectivity index (χ3n) is 3.94. The summed E-state index contributed by atoms with van der Waals surface area (Å²) in [5.74, 6) is -0.506. The molecule has 0 aliphatic rings. The van der Waals surface area contributed by atoms with Crippen LogP contribution >= 0.6 is 0 Å². The number of nitrogens with one attached hydrogen (secondary N) is 1. The molecule has 3 rings (SSSR count). The number of benzene rings is 1. The molecule has 0 fully saturated rings. The Morgan fingerprint density at radius 2 is 1.95 bits per heavy atom. The van der Waals surface area contributed by atoms with Crippen molar-refractivity contribution >= 4 is 16.8 Å². The van der Waals surface area contributed by atoms with Gasteiger partial charge in [-0.3, -0.25) is 9.78 Å². The van der Waals surface area contributed by atoms with Crippen molar-refractivity contribution in [2.75, 3.05) is 7.05 Å². The second-order valence-electron chi connectivity index (χ2n) is 5.20. The maximum Gasteiger partial charge on any atom is 0.267 e. The molecule has 0 aliphatic carbocycles. The van der Waals surface area contributed by atoms with E-state index in [1.54, 1.807) is 19.4 Å². The van der Waals surface area contributed by atoms with E-state index in [-0.39, 0.29) is 11.7 Å².